The number of carbonyl (C=O) groups is 2. The number of hydrogen-bond donors (Lipinski definition) is 3. The van der Waals surface area contributed by atoms with Gasteiger partial charge in [-0.15, -0.1) is 0 Å². The van der Waals surface area contributed by atoms with Gasteiger partial charge in [-0.25, -0.2) is 4.57 Å². The number of carboxylic acids is 1. The van der Waals surface area contributed by atoms with Crippen molar-refractivity contribution < 1.29 is 42.7 Å². The lowest BCUT2D eigenvalue weighted by molar-refractivity contribution is -0.154. The topological polar surface area (TPSA) is 155 Å². The first-order valence-electron chi connectivity index (χ1n) is 22.4. The van der Waals surface area contributed by atoms with E-state index in [4.69, 9.17) is 29.4 Å². The zero-order valence-electron chi connectivity index (χ0n) is 35.3. The van der Waals surface area contributed by atoms with Crippen LogP contribution in [0.25, 0.3) is 0 Å². The van der Waals surface area contributed by atoms with Crippen molar-refractivity contribution in [2.24, 2.45) is 5.73 Å². The first kappa shape index (κ1) is 53.5. The highest BCUT2D eigenvalue weighted by Gasteiger charge is 2.27. The second-order valence-corrected chi connectivity index (χ2v) is 16.6. The molecule has 0 aromatic heterocycles. The number of unbranched alkanes of at least 4 members (excludes halogenated alkanes) is 25. The van der Waals surface area contributed by atoms with E-state index in [0.717, 1.165) is 64.2 Å². The Hall–Kier alpha value is -1.55. The lowest BCUT2D eigenvalue weighted by Gasteiger charge is -2.20. The van der Waals surface area contributed by atoms with Gasteiger partial charge in [0.2, 0.25) is 0 Å². The number of ether oxygens (including phenoxy) is 2. The molecule has 3 unspecified atom stereocenters. The van der Waals surface area contributed by atoms with Gasteiger partial charge in [0.05, 0.1) is 19.8 Å². The Bertz CT molecular complexity index is 977. The molecule has 0 amide bonds. The number of aliphatic carboxylic acids is 1. The summed E-state index contributed by atoms with van der Waals surface area (Å²) < 4.78 is 33.3. The van der Waals surface area contributed by atoms with Gasteiger partial charge in [0.1, 0.15) is 12.1 Å². The van der Waals surface area contributed by atoms with Crippen LogP contribution in [0, 0.1) is 0 Å². The molecule has 11 heteroatoms. The van der Waals surface area contributed by atoms with Crippen LogP contribution in [0.2, 0.25) is 0 Å². The van der Waals surface area contributed by atoms with E-state index in [1.165, 1.54) is 116 Å². The number of carboxylic acid groups (broad SMARTS) is 1. The Morgan fingerprint density at radius 2 is 1.04 bits per heavy atom. The summed E-state index contributed by atoms with van der Waals surface area (Å²) >= 11 is 0. The molecule has 324 valence electrons. The molecule has 0 bridgehead atoms. The Morgan fingerprint density at radius 1 is 0.582 bits per heavy atom. The first-order chi connectivity index (χ1) is 26.7. The Morgan fingerprint density at radius 3 is 1.55 bits per heavy atom. The molecule has 0 heterocycles. The van der Waals surface area contributed by atoms with Crippen LogP contribution in [-0.2, 0) is 32.7 Å². The van der Waals surface area contributed by atoms with Crippen LogP contribution >= 0.6 is 7.82 Å². The quantitative estimate of drug-likeness (QED) is 0.0235. The molecule has 4 N–H and O–H groups in total. The lowest BCUT2D eigenvalue weighted by Crippen LogP contribution is -2.34. The standard InChI is InChI=1S/C44H84NO9P/c1-3-5-7-9-11-13-15-17-18-19-20-21-22-23-25-27-29-31-33-35-37-51-38-41(39-52-55(49,50)53-40-42(45)44(47)48)54-43(46)36-34-32-30-28-26-24-16-14-12-10-8-6-4-2/h8,10,14,16,41-42H,3-7,9,11-13,15,17-40,45H2,1-2H3,(H,47,48)(H,49,50)/b10-8-,16-14-. The molecule has 0 fully saturated rings. The zero-order chi connectivity index (χ0) is 40.5. The zero-order valence-corrected chi connectivity index (χ0v) is 36.2. The molecule has 0 aliphatic heterocycles. The van der Waals surface area contributed by atoms with Crippen molar-refractivity contribution in [3.05, 3.63) is 24.3 Å². The highest BCUT2D eigenvalue weighted by Crippen LogP contribution is 2.43. The highest BCUT2D eigenvalue weighted by atomic mass is 31.2. The van der Waals surface area contributed by atoms with E-state index < -0.39 is 45.1 Å². The molecule has 0 aromatic carbocycles. The summed E-state index contributed by atoms with van der Waals surface area (Å²) in [6.45, 7) is 3.83. The molecule has 0 spiro atoms. The minimum atomic E-state index is -4.61. The maximum absolute atomic E-state index is 12.6. The number of carbonyl (C=O) groups excluding carboxylic acids is 1. The molecule has 0 aromatic rings. The van der Waals surface area contributed by atoms with E-state index in [1.54, 1.807) is 0 Å². The predicted octanol–water partition coefficient (Wildman–Crippen LogP) is 12.3. The van der Waals surface area contributed by atoms with Gasteiger partial charge < -0.3 is 25.2 Å². The molecule has 0 saturated heterocycles. The molecule has 0 aliphatic rings. The van der Waals surface area contributed by atoms with E-state index in [2.05, 4.69) is 38.2 Å². The van der Waals surface area contributed by atoms with Crippen LogP contribution in [0.3, 0.4) is 0 Å². The average molecular weight is 802 g/mol. The van der Waals surface area contributed by atoms with E-state index in [-0.39, 0.29) is 13.0 Å². The minimum Gasteiger partial charge on any atom is -0.480 e. The number of hydrogen-bond acceptors (Lipinski definition) is 8. The smallest absolute Gasteiger partial charge is 0.472 e. The monoisotopic (exact) mass is 802 g/mol. The Labute approximate surface area is 336 Å². The minimum absolute atomic E-state index is 0.0153. The number of allylic oxidation sites excluding steroid dienone is 4. The Kier molecular flexibility index (Phi) is 39.5. The molecule has 3 atom stereocenters. The average Bonchev–Trinajstić information content (AvgIpc) is 3.16. The molecule has 0 aliphatic carbocycles. The Balaban J connectivity index is 4.15. The van der Waals surface area contributed by atoms with Crippen molar-refractivity contribution in [1.82, 2.24) is 0 Å². The fourth-order valence-corrected chi connectivity index (χ4v) is 7.01. The molecule has 0 radical (unpaired) electrons. The van der Waals surface area contributed by atoms with E-state index in [9.17, 15) is 19.0 Å². The van der Waals surface area contributed by atoms with Crippen LogP contribution in [0.15, 0.2) is 24.3 Å². The third-order valence-electron chi connectivity index (χ3n) is 9.71. The third kappa shape index (κ3) is 40.4. The van der Waals surface area contributed by atoms with E-state index in [0.29, 0.717) is 13.0 Å². The second-order valence-electron chi connectivity index (χ2n) is 15.2. The van der Waals surface area contributed by atoms with Crippen LogP contribution in [0.1, 0.15) is 206 Å². The highest BCUT2D eigenvalue weighted by molar-refractivity contribution is 7.47. The fourth-order valence-electron chi connectivity index (χ4n) is 6.23. The van der Waals surface area contributed by atoms with Crippen molar-refractivity contribution in [2.45, 2.75) is 219 Å². The SMILES string of the molecule is CCC/C=C\C/C=C\CCCCCCCC(=O)OC(COCCCCCCCCCCCCCCCCCCCCCC)COP(=O)(O)OCC(N)C(=O)O. The van der Waals surface area contributed by atoms with Gasteiger partial charge in [-0.3, -0.25) is 18.6 Å². The van der Waals surface area contributed by atoms with Crippen molar-refractivity contribution in [3.63, 3.8) is 0 Å². The molecule has 0 rings (SSSR count). The van der Waals surface area contributed by atoms with Crippen molar-refractivity contribution in [2.75, 3.05) is 26.4 Å². The summed E-state index contributed by atoms with van der Waals surface area (Å²) in [7, 11) is -4.61. The van der Waals surface area contributed by atoms with Crippen LogP contribution in [0.5, 0.6) is 0 Å². The van der Waals surface area contributed by atoms with Gasteiger partial charge in [-0.05, 0) is 38.5 Å². The summed E-state index contributed by atoms with van der Waals surface area (Å²) in [5.74, 6) is -1.79. The van der Waals surface area contributed by atoms with Gasteiger partial charge in [0, 0.05) is 13.0 Å². The van der Waals surface area contributed by atoms with Gasteiger partial charge in [-0.2, -0.15) is 0 Å². The number of esters is 1. The lowest BCUT2D eigenvalue weighted by atomic mass is 10.0. The second kappa shape index (κ2) is 40.6. The van der Waals surface area contributed by atoms with Gasteiger partial charge in [-0.1, -0.05) is 186 Å². The fraction of sp³-hybridized carbons (Fsp3) is 0.864. The van der Waals surface area contributed by atoms with Crippen LogP contribution < -0.4 is 5.73 Å². The van der Waals surface area contributed by atoms with Crippen molar-refractivity contribution in [3.8, 4) is 0 Å². The molecular weight excluding hydrogens is 717 g/mol. The maximum Gasteiger partial charge on any atom is 0.472 e. The predicted molar refractivity (Wildman–Crippen MR) is 226 cm³/mol. The maximum atomic E-state index is 12.6. The third-order valence-corrected chi connectivity index (χ3v) is 10.7. The number of rotatable bonds is 43. The van der Waals surface area contributed by atoms with Crippen LogP contribution in [0.4, 0.5) is 0 Å². The summed E-state index contributed by atoms with van der Waals surface area (Å²) in [4.78, 5) is 33.5. The first-order valence-corrected chi connectivity index (χ1v) is 23.9. The summed E-state index contributed by atoms with van der Waals surface area (Å²) in [5.41, 5.74) is 5.35. The number of nitrogens with two attached hydrogens (primary N) is 1. The number of phosphoric acid groups is 1. The summed E-state index contributed by atoms with van der Waals surface area (Å²) in [6, 6.07) is -1.47. The molecule has 0 saturated carbocycles. The van der Waals surface area contributed by atoms with E-state index in [1.807, 2.05) is 0 Å². The van der Waals surface area contributed by atoms with Crippen molar-refractivity contribution in [1.29, 1.82) is 0 Å². The van der Waals surface area contributed by atoms with Crippen LogP contribution in [-0.4, -0.2) is 60.5 Å². The molecule has 10 nitrogen and oxygen atoms in total. The van der Waals surface area contributed by atoms with Gasteiger partial charge >= 0.3 is 19.8 Å². The normalized spacial score (nSPS) is 14.1. The summed E-state index contributed by atoms with van der Waals surface area (Å²) in [6.07, 6.45) is 43.8. The van der Waals surface area contributed by atoms with Gasteiger partial charge in [0.25, 0.3) is 0 Å². The van der Waals surface area contributed by atoms with E-state index >= 15 is 0 Å². The molecular formula is C44H84NO9P. The summed E-state index contributed by atoms with van der Waals surface area (Å²) in [5, 5.41) is 8.89. The largest absolute Gasteiger partial charge is 0.480 e. The number of phosphoric ester groups is 1. The van der Waals surface area contributed by atoms with Gasteiger partial charge in [0.15, 0.2) is 0 Å². The van der Waals surface area contributed by atoms with Crippen molar-refractivity contribution >= 4 is 19.8 Å². The molecule has 55 heavy (non-hydrogen) atoms.